The summed E-state index contributed by atoms with van der Waals surface area (Å²) in [5, 5.41) is 10.6. The highest BCUT2D eigenvalue weighted by Crippen LogP contribution is 2.45. The van der Waals surface area contributed by atoms with E-state index in [2.05, 4.69) is 23.6 Å². The second-order valence-electron chi connectivity index (χ2n) is 15.1. The number of rotatable bonds is 11. The summed E-state index contributed by atoms with van der Waals surface area (Å²) < 4.78 is 39.8. The van der Waals surface area contributed by atoms with Crippen molar-refractivity contribution in [2.75, 3.05) is 37.7 Å². The van der Waals surface area contributed by atoms with Gasteiger partial charge >= 0.3 is 5.97 Å². The molecule has 2 aromatic carbocycles. The summed E-state index contributed by atoms with van der Waals surface area (Å²) in [6, 6.07) is 14.3. The zero-order chi connectivity index (χ0) is 34.6. The molecule has 0 aliphatic carbocycles. The molecule has 7 nitrogen and oxygen atoms in total. The van der Waals surface area contributed by atoms with Gasteiger partial charge < -0.3 is 19.5 Å². The van der Waals surface area contributed by atoms with E-state index >= 15 is 0 Å². The van der Waals surface area contributed by atoms with Gasteiger partial charge in [-0.25, -0.2) is 13.6 Å². The van der Waals surface area contributed by atoms with E-state index in [1.54, 1.807) is 12.1 Å². The monoisotopic (exact) mass is 663 g/mol. The van der Waals surface area contributed by atoms with E-state index in [0.717, 1.165) is 54.0 Å². The molecule has 1 unspecified atom stereocenters. The first kappa shape index (κ1) is 35.7. The second kappa shape index (κ2) is 14.9. The number of hydrogen-bond acceptors (Lipinski definition) is 6. The molecule has 0 saturated carbocycles. The summed E-state index contributed by atoms with van der Waals surface area (Å²) in [7, 11) is 0. The van der Waals surface area contributed by atoms with Crippen LogP contribution < -0.4 is 9.64 Å². The number of hydrogen-bond donors (Lipinski definition) is 1. The standard InChI is InChI=1S/C39H51F2N3O4/c1-26-33(36(37(45)46)48-38(2,3)4)35(44-22-18-39(5,6)19-23-44)34(32(42-26)25-43-20-15-30(41)16-21-43)28-9-13-31(14-10-28)47-24-17-27-7-11-29(40)12-8-27/h7-14,30,36H,15-25H2,1-6H3,(H,45,46). The van der Waals surface area contributed by atoms with Gasteiger partial charge in [-0.05, 0) is 94.2 Å². The van der Waals surface area contributed by atoms with Gasteiger partial charge in [0.2, 0.25) is 0 Å². The first-order valence-electron chi connectivity index (χ1n) is 17.2. The van der Waals surface area contributed by atoms with Crippen LogP contribution in [0.5, 0.6) is 5.75 Å². The zero-order valence-corrected chi connectivity index (χ0v) is 29.3. The van der Waals surface area contributed by atoms with Crippen LogP contribution in [-0.4, -0.2) is 65.5 Å². The maximum atomic E-state index is 14.1. The predicted octanol–water partition coefficient (Wildman–Crippen LogP) is 8.32. The summed E-state index contributed by atoms with van der Waals surface area (Å²) in [5.41, 5.74) is 5.17. The Hall–Kier alpha value is -3.56. The highest BCUT2D eigenvalue weighted by molar-refractivity contribution is 5.88. The first-order chi connectivity index (χ1) is 22.7. The number of nitrogens with zero attached hydrogens (tertiary/aromatic N) is 3. The number of ether oxygens (including phenoxy) is 2. The smallest absolute Gasteiger partial charge is 0.337 e. The number of pyridine rings is 1. The molecular weight excluding hydrogens is 612 g/mol. The van der Waals surface area contributed by atoms with Crippen molar-refractivity contribution in [1.29, 1.82) is 0 Å². The Bertz CT molecular complexity index is 1540. The van der Waals surface area contributed by atoms with Crippen molar-refractivity contribution < 1.29 is 28.2 Å². The van der Waals surface area contributed by atoms with Crippen LogP contribution in [0.2, 0.25) is 0 Å². The second-order valence-corrected chi connectivity index (χ2v) is 15.1. The fourth-order valence-electron chi connectivity index (χ4n) is 6.67. The maximum absolute atomic E-state index is 14.1. The number of likely N-dealkylation sites (tertiary alicyclic amines) is 1. The Morgan fingerprint density at radius 2 is 1.65 bits per heavy atom. The van der Waals surface area contributed by atoms with Gasteiger partial charge in [-0.3, -0.25) is 9.88 Å². The van der Waals surface area contributed by atoms with E-state index < -0.39 is 23.8 Å². The summed E-state index contributed by atoms with van der Waals surface area (Å²) >= 11 is 0. The van der Waals surface area contributed by atoms with Gasteiger partial charge in [0, 0.05) is 56.0 Å². The molecule has 1 aromatic heterocycles. The number of halogens is 2. The predicted molar refractivity (Wildman–Crippen MR) is 186 cm³/mol. The van der Waals surface area contributed by atoms with Crippen molar-refractivity contribution in [3.05, 3.63) is 76.9 Å². The summed E-state index contributed by atoms with van der Waals surface area (Å²) in [5.74, 6) is -0.613. The Morgan fingerprint density at radius 1 is 1.02 bits per heavy atom. The van der Waals surface area contributed by atoms with Crippen LogP contribution in [0.1, 0.15) is 88.9 Å². The van der Waals surface area contributed by atoms with Gasteiger partial charge in [-0.15, -0.1) is 0 Å². The summed E-state index contributed by atoms with van der Waals surface area (Å²) in [6.07, 6.45) is 1.55. The number of aryl methyl sites for hydroxylation is 1. The quantitative estimate of drug-likeness (QED) is 0.221. The summed E-state index contributed by atoms with van der Waals surface area (Å²) in [4.78, 5) is 22.7. The van der Waals surface area contributed by atoms with Gasteiger partial charge in [-0.1, -0.05) is 38.1 Å². The summed E-state index contributed by atoms with van der Waals surface area (Å²) in [6.45, 7) is 15.8. The number of benzene rings is 2. The van der Waals surface area contributed by atoms with E-state index in [1.807, 2.05) is 52.0 Å². The van der Waals surface area contributed by atoms with E-state index in [-0.39, 0.29) is 11.2 Å². The van der Waals surface area contributed by atoms with Crippen LogP contribution in [0.4, 0.5) is 14.5 Å². The first-order valence-corrected chi connectivity index (χ1v) is 17.2. The normalized spacial score (nSPS) is 18.1. The van der Waals surface area contributed by atoms with Crippen molar-refractivity contribution in [3.63, 3.8) is 0 Å². The molecule has 48 heavy (non-hydrogen) atoms. The van der Waals surface area contributed by atoms with E-state index in [4.69, 9.17) is 14.5 Å². The van der Waals surface area contributed by atoms with Gasteiger partial charge in [0.15, 0.2) is 6.10 Å². The molecule has 1 atom stereocenters. The molecular formula is C39H51F2N3O4. The number of carbonyl (C=O) groups is 1. The molecule has 2 aliphatic rings. The van der Waals surface area contributed by atoms with Crippen molar-refractivity contribution in [3.8, 4) is 16.9 Å². The fraction of sp³-hybridized carbons (Fsp3) is 0.538. The average Bonchev–Trinajstić information content (AvgIpc) is 3.02. The van der Waals surface area contributed by atoms with Crippen molar-refractivity contribution in [2.24, 2.45) is 5.41 Å². The molecule has 2 aliphatic heterocycles. The molecule has 5 rings (SSSR count). The Labute approximate surface area is 284 Å². The van der Waals surface area contributed by atoms with E-state index in [0.29, 0.717) is 62.5 Å². The number of piperidine rings is 2. The van der Waals surface area contributed by atoms with E-state index in [9.17, 15) is 18.7 Å². The van der Waals surface area contributed by atoms with Crippen molar-refractivity contribution in [1.82, 2.24) is 9.88 Å². The topological polar surface area (TPSA) is 75.1 Å². The largest absolute Gasteiger partial charge is 0.493 e. The third-order valence-corrected chi connectivity index (χ3v) is 9.47. The molecule has 0 radical (unpaired) electrons. The molecule has 1 N–H and O–H groups in total. The molecule has 9 heteroatoms. The van der Waals surface area contributed by atoms with Crippen LogP contribution in [0.25, 0.3) is 11.1 Å². The van der Waals surface area contributed by atoms with Crippen LogP contribution in [0.3, 0.4) is 0 Å². The molecule has 2 fully saturated rings. The van der Waals surface area contributed by atoms with Crippen LogP contribution >= 0.6 is 0 Å². The van der Waals surface area contributed by atoms with E-state index in [1.165, 1.54) is 12.1 Å². The van der Waals surface area contributed by atoms with Gasteiger partial charge in [0.05, 0.1) is 23.6 Å². The molecule has 3 aromatic rings. The Morgan fingerprint density at radius 3 is 2.23 bits per heavy atom. The van der Waals surface area contributed by atoms with Crippen LogP contribution in [0.15, 0.2) is 48.5 Å². The number of aliphatic carboxylic acids is 1. The average molecular weight is 664 g/mol. The van der Waals surface area contributed by atoms with Crippen LogP contribution in [-0.2, 0) is 22.5 Å². The third-order valence-electron chi connectivity index (χ3n) is 9.47. The van der Waals surface area contributed by atoms with Crippen LogP contribution in [0, 0.1) is 18.2 Å². The molecule has 0 amide bonds. The lowest BCUT2D eigenvalue weighted by molar-refractivity contribution is -0.160. The highest BCUT2D eigenvalue weighted by atomic mass is 19.1. The van der Waals surface area contributed by atoms with Gasteiger partial charge in [0.1, 0.15) is 17.7 Å². The number of anilines is 1. The number of alkyl halides is 1. The lowest BCUT2D eigenvalue weighted by atomic mass is 9.81. The Balaban J connectivity index is 1.58. The minimum atomic E-state index is -1.22. The van der Waals surface area contributed by atoms with Gasteiger partial charge in [0.25, 0.3) is 0 Å². The van der Waals surface area contributed by atoms with Crippen molar-refractivity contribution in [2.45, 2.75) is 98.1 Å². The molecule has 0 spiro atoms. The Kier molecular flexibility index (Phi) is 11.1. The molecule has 260 valence electrons. The minimum Gasteiger partial charge on any atom is -0.493 e. The maximum Gasteiger partial charge on any atom is 0.337 e. The number of carboxylic acid groups (broad SMARTS) is 1. The highest BCUT2D eigenvalue weighted by Gasteiger charge is 2.37. The SMILES string of the molecule is Cc1nc(CN2CCC(F)CC2)c(-c2ccc(OCCc3ccc(F)cc3)cc2)c(N2CCC(C)(C)CC2)c1C(OC(C)(C)C)C(=O)O. The third kappa shape index (κ3) is 9.11. The minimum absolute atomic E-state index is 0.180. The molecule has 2 saturated heterocycles. The lowest BCUT2D eigenvalue weighted by Gasteiger charge is -2.41. The van der Waals surface area contributed by atoms with Gasteiger partial charge in [-0.2, -0.15) is 0 Å². The lowest BCUT2D eigenvalue weighted by Crippen LogP contribution is -2.40. The number of aromatic nitrogens is 1. The molecule has 3 heterocycles. The fourth-order valence-corrected chi connectivity index (χ4v) is 6.67. The molecule has 0 bridgehead atoms. The zero-order valence-electron chi connectivity index (χ0n) is 29.3. The number of carboxylic acids is 1. The van der Waals surface area contributed by atoms with Crippen molar-refractivity contribution >= 4 is 11.7 Å².